The predicted octanol–water partition coefficient (Wildman–Crippen LogP) is 7.27. The van der Waals surface area contributed by atoms with Crippen molar-refractivity contribution in [2.75, 3.05) is 28.8 Å². The van der Waals surface area contributed by atoms with Crippen molar-refractivity contribution in [2.45, 2.75) is 76.0 Å². The molecule has 1 amide bonds. The van der Waals surface area contributed by atoms with Gasteiger partial charge in [-0.05, 0) is 49.4 Å². The number of unbranched alkanes of at least 4 members (excludes halogenated alkanes) is 2. The number of amides is 1. The fraction of sp³-hybridized carbons (Fsp3) is 0.484. The number of thioether (sulfide) groups is 1. The maximum absolute atomic E-state index is 14.1. The zero-order valence-electron chi connectivity index (χ0n) is 24.6. The second-order valence-electron chi connectivity index (χ2n) is 11.0. The lowest BCUT2D eigenvalue weighted by Gasteiger charge is -2.37. The van der Waals surface area contributed by atoms with Crippen LogP contribution in [0, 0.1) is 11.3 Å². The van der Waals surface area contributed by atoms with Gasteiger partial charge in [0, 0.05) is 35.3 Å². The fourth-order valence-corrected chi connectivity index (χ4v) is 7.78. The first-order valence-electron chi connectivity index (χ1n) is 14.1. The van der Waals surface area contributed by atoms with Gasteiger partial charge < -0.3 is 20.1 Å². The maximum atomic E-state index is 14.1. The van der Waals surface area contributed by atoms with Crippen LogP contribution in [0.4, 0.5) is 17.1 Å². The van der Waals surface area contributed by atoms with Crippen LogP contribution in [0.3, 0.4) is 0 Å². The Morgan fingerprint density at radius 2 is 1.76 bits per heavy atom. The molecule has 10 heteroatoms. The molecule has 2 aromatic carbocycles. The topological polar surface area (TPSA) is 113 Å². The largest absolute Gasteiger partial charge is 0.478 e. The van der Waals surface area contributed by atoms with E-state index in [-0.39, 0.29) is 22.5 Å². The SMILES string of the molecule is CCCCC1(CCCC)CN(c2ccc(NC(=O)C(C)C)cc2)c2cc(SC)c(O/C=C/C(=O)O)cc2S(=O)(=O)C1. The molecule has 8 nitrogen and oxygen atoms in total. The summed E-state index contributed by atoms with van der Waals surface area (Å²) in [5.41, 5.74) is 1.61. The summed E-state index contributed by atoms with van der Waals surface area (Å²) in [5.74, 6) is -1.07. The number of anilines is 3. The Morgan fingerprint density at radius 3 is 2.29 bits per heavy atom. The van der Waals surface area contributed by atoms with E-state index in [2.05, 4.69) is 24.1 Å². The van der Waals surface area contributed by atoms with Gasteiger partial charge in [0.15, 0.2) is 9.84 Å². The van der Waals surface area contributed by atoms with E-state index in [4.69, 9.17) is 9.84 Å². The second kappa shape index (κ2) is 14.3. The van der Waals surface area contributed by atoms with Gasteiger partial charge in [-0.15, -0.1) is 11.8 Å². The zero-order valence-corrected chi connectivity index (χ0v) is 26.2. The minimum Gasteiger partial charge on any atom is -0.478 e. The zero-order chi connectivity index (χ0) is 30.2. The number of carboxylic acid groups (broad SMARTS) is 1. The number of fused-ring (bicyclic) bond motifs is 1. The van der Waals surface area contributed by atoms with Crippen molar-refractivity contribution in [3.05, 3.63) is 48.7 Å². The molecule has 2 aromatic rings. The maximum Gasteiger partial charge on any atom is 0.331 e. The van der Waals surface area contributed by atoms with Gasteiger partial charge in [0.2, 0.25) is 5.91 Å². The number of carbonyl (C=O) groups is 2. The quantitative estimate of drug-likeness (QED) is 0.140. The summed E-state index contributed by atoms with van der Waals surface area (Å²) in [6.45, 7) is 8.44. The Bertz CT molecular complexity index is 1350. The third-order valence-corrected chi connectivity index (χ3v) is 10.1. The number of ether oxygens (including phenoxy) is 1. The van der Waals surface area contributed by atoms with E-state index in [1.807, 2.05) is 50.4 Å². The first-order chi connectivity index (χ1) is 19.4. The molecular weight excluding hydrogens is 560 g/mol. The second-order valence-corrected chi connectivity index (χ2v) is 13.8. The van der Waals surface area contributed by atoms with Crippen LogP contribution in [0.15, 0.2) is 58.5 Å². The number of nitrogens with one attached hydrogen (secondary N) is 1. The van der Waals surface area contributed by atoms with E-state index < -0.39 is 21.2 Å². The number of carboxylic acids is 1. The predicted molar refractivity (Wildman–Crippen MR) is 166 cm³/mol. The summed E-state index contributed by atoms with van der Waals surface area (Å²) in [6, 6.07) is 10.9. The Balaban J connectivity index is 2.20. The lowest BCUT2D eigenvalue weighted by molar-refractivity contribution is -0.131. The lowest BCUT2D eigenvalue weighted by atomic mass is 9.79. The summed E-state index contributed by atoms with van der Waals surface area (Å²) < 4.78 is 33.9. The fourth-order valence-electron chi connectivity index (χ4n) is 5.13. The normalized spacial score (nSPS) is 15.9. The molecule has 1 aliphatic rings. The molecule has 2 N–H and O–H groups in total. The van der Waals surface area contributed by atoms with Crippen molar-refractivity contribution >= 4 is 50.5 Å². The summed E-state index contributed by atoms with van der Waals surface area (Å²) in [6.07, 6.45) is 9.15. The molecule has 0 radical (unpaired) electrons. The van der Waals surface area contributed by atoms with E-state index in [9.17, 15) is 18.0 Å². The number of carbonyl (C=O) groups excluding carboxylic acids is 1. The molecule has 1 heterocycles. The molecule has 41 heavy (non-hydrogen) atoms. The van der Waals surface area contributed by atoms with E-state index in [0.29, 0.717) is 28.6 Å². The van der Waals surface area contributed by atoms with Gasteiger partial charge in [-0.3, -0.25) is 4.79 Å². The van der Waals surface area contributed by atoms with Crippen molar-refractivity contribution in [1.82, 2.24) is 0 Å². The number of benzene rings is 2. The number of hydrogen-bond donors (Lipinski definition) is 2. The Morgan fingerprint density at radius 1 is 1.12 bits per heavy atom. The van der Waals surface area contributed by atoms with Crippen LogP contribution >= 0.6 is 11.8 Å². The molecule has 1 aliphatic heterocycles. The summed E-state index contributed by atoms with van der Waals surface area (Å²) >= 11 is 1.40. The third kappa shape index (κ3) is 8.29. The molecular formula is C31H42N2O6S2. The number of aliphatic carboxylic acids is 1. The number of rotatable bonds is 13. The smallest absolute Gasteiger partial charge is 0.331 e. The summed E-state index contributed by atoms with van der Waals surface area (Å²) in [7, 11) is -3.74. The molecule has 0 bridgehead atoms. The van der Waals surface area contributed by atoms with Gasteiger partial charge in [-0.1, -0.05) is 53.4 Å². The minimum atomic E-state index is -3.74. The highest BCUT2D eigenvalue weighted by Crippen LogP contribution is 2.48. The van der Waals surface area contributed by atoms with E-state index >= 15 is 0 Å². The van der Waals surface area contributed by atoms with Crippen LogP contribution in [0.2, 0.25) is 0 Å². The van der Waals surface area contributed by atoms with Gasteiger partial charge in [0.25, 0.3) is 0 Å². The van der Waals surface area contributed by atoms with Crippen molar-refractivity contribution in [2.24, 2.45) is 11.3 Å². The first-order valence-corrected chi connectivity index (χ1v) is 17.0. The first kappa shape index (κ1) is 32.5. The third-order valence-electron chi connectivity index (χ3n) is 7.36. The molecule has 224 valence electrons. The molecule has 0 aromatic heterocycles. The standard InChI is InChI=1S/C31H42N2O6S2/c1-6-8-15-31(16-9-7-2)20-33(24-12-10-23(11-13-24)32-30(36)22(3)4)25-18-27(40-5)26(39-17-14-29(34)35)19-28(25)41(37,38)21-31/h10-14,17-19,22H,6-9,15-16,20-21H2,1-5H3,(H,32,36)(H,34,35)/b17-14+. The van der Waals surface area contributed by atoms with Crippen LogP contribution in [-0.2, 0) is 19.4 Å². The van der Waals surface area contributed by atoms with Gasteiger partial charge in [-0.25, -0.2) is 13.2 Å². The Labute approximate surface area is 248 Å². The van der Waals surface area contributed by atoms with Gasteiger partial charge in [0.1, 0.15) is 5.75 Å². The molecule has 0 atom stereocenters. The molecule has 0 spiro atoms. The van der Waals surface area contributed by atoms with Crippen LogP contribution in [-0.4, -0.2) is 44.0 Å². The van der Waals surface area contributed by atoms with Gasteiger partial charge in [0.05, 0.1) is 33.6 Å². The summed E-state index contributed by atoms with van der Waals surface area (Å²) in [5, 5.41) is 11.9. The van der Waals surface area contributed by atoms with Crippen LogP contribution in [0.25, 0.3) is 0 Å². The number of sulfone groups is 1. The van der Waals surface area contributed by atoms with Crippen molar-refractivity contribution in [3.63, 3.8) is 0 Å². The monoisotopic (exact) mass is 602 g/mol. The average Bonchev–Trinajstić information content (AvgIpc) is 3.02. The Kier molecular flexibility index (Phi) is 11.3. The molecule has 0 aliphatic carbocycles. The van der Waals surface area contributed by atoms with Crippen LogP contribution in [0.1, 0.15) is 66.2 Å². The Hall–Kier alpha value is -2.98. The van der Waals surface area contributed by atoms with E-state index in [1.54, 1.807) is 0 Å². The van der Waals surface area contributed by atoms with Crippen molar-refractivity contribution in [3.8, 4) is 5.75 Å². The molecule has 3 rings (SSSR count). The van der Waals surface area contributed by atoms with Crippen LogP contribution < -0.4 is 15.0 Å². The molecule has 0 unspecified atom stereocenters. The summed E-state index contributed by atoms with van der Waals surface area (Å²) in [4.78, 5) is 26.2. The number of nitrogens with zero attached hydrogens (tertiary/aromatic N) is 1. The highest BCUT2D eigenvalue weighted by Gasteiger charge is 2.42. The molecule has 0 saturated heterocycles. The lowest BCUT2D eigenvalue weighted by Crippen LogP contribution is -2.38. The van der Waals surface area contributed by atoms with E-state index in [0.717, 1.165) is 56.6 Å². The number of hydrogen-bond acceptors (Lipinski definition) is 7. The average molecular weight is 603 g/mol. The van der Waals surface area contributed by atoms with Gasteiger partial charge in [-0.2, -0.15) is 0 Å². The van der Waals surface area contributed by atoms with Crippen molar-refractivity contribution < 1.29 is 27.9 Å². The van der Waals surface area contributed by atoms with Crippen molar-refractivity contribution in [1.29, 1.82) is 0 Å². The highest BCUT2D eigenvalue weighted by molar-refractivity contribution is 7.98. The minimum absolute atomic E-state index is 0.0229. The molecule has 0 saturated carbocycles. The highest BCUT2D eigenvalue weighted by atomic mass is 32.2. The van der Waals surface area contributed by atoms with E-state index in [1.165, 1.54) is 17.8 Å². The molecule has 0 fully saturated rings. The van der Waals surface area contributed by atoms with Gasteiger partial charge >= 0.3 is 5.97 Å². The van der Waals surface area contributed by atoms with Crippen LogP contribution in [0.5, 0.6) is 5.75 Å².